The second kappa shape index (κ2) is 11.6. The van der Waals surface area contributed by atoms with Gasteiger partial charge in [0.2, 0.25) is 0 Å². The van der Waals surface area contributed by atoms with Crippen LogP contribution in [0.2, 0.25) is 0 Å². The number of aryl methyl sites for hydroxylation is 1. The van der Waals surface area contributed by atoms with Crippen molar-refractivity contribution < 1.29 is 14.3 Å². The number of hydrogen-bond donors (Lipinski definition) is 0. The maximum Gasteiger partial charge on any atom is 0.277 e. The van der Waals surface area contributed by atoms with Crippen LogP contribution in [-0.4, -0.2) is 49.5 Å². The van der Waals surface area contributed by atoms with Gasteiger partial charge in [0, 0.05) is 24.2 Å². The van der Waals surface area contributed by atoms with Crippen LogP contribution in [0.5, 0.6) is 0 Å². The Hall–Kier alpha value is -3.71. The van der Waals surface area contributed by atoms with E-state index in [4.69, 9.17) is 9.72 Å². The fourth-order valence-corrected chi connectivity index (χ4v) is 6.67. The number of ether oxygens (including phenoxy) is 1. The molecule has 1 amide bonds. The molecule has 1 saturated heterocycles. The highest BCUT2D eigenvalue weighted by atomic mass is 16.5. The Balaban J connectivity index is 1.48. The zero-order valence-corrected chi connectivity index (χ0v) is 24.3. The fraction of sp³-hybridized carbons (Fsp3) is 0.441. The van der Waals surface area contributed by atoms with E-state index in [9.17, 15) is 9.59 Å². The normalized spacial score (nSPS) is 21.5. The number of morpholine rings is 1. The second-order valence-corrected chi connectivity index (χ2v) is 12.2. The number of carbonyl (C=O) groups excluding carboxylic acids is 2. The van der Waals surface area contributed by atoms with Gasteiger partial charge in [-0.1, -0.05) is 50.1 Å². The summed E-state index contributed by atoms with van der Waals surface area (Å²) in [5, 5.41) is 4.07. The Morgan fingerprint density at radius 3 is 2.41 bits per heavy atom. The molecule has 2 aromatic carbocycles. The minimum atomic E-state index is -0.0945. The molecule has 1 aliphatic heterocycles. The molecule has 2 heterocycles. The molecule has 2 aliphatic carbocycles. The number of aromatic nitrogens is 1. The molecule has 3 fully saturated rings. The number of carbonyl (C=O) groups is 2. The zero-order valence-electron chi connectivity index (χ0n) is 24.3. The second-order valence-electron chi connectivity index (χ2n) is 12.2. The lowest BCUT2D eigenvalue weighted by Crippen LogP contribution is -2.50. The van der Waals surface area contributed by atoms with E-state index in [-0.39, 0.29) is 11.9 Å². The highest BCUT2D eigenvalue weighted by molar-refractivity contribution is 6.08. The van der Waals surface area contributed by atoms with E-state index < -0.39 is 0 Å². The van der Waals surface area contributed by atoms with E-state index in [1.807, 2.05) is 66.7 Å². The van der Waals surface area contributed by atoms with Crippen molar-refractivity contribution in [2.24, 2.45) is 17.8 Å². The molecule has 2 atom stereocenters. The van der Waals surface area contributed by atoms with Gasteiger partial charge in [-0.15, -0.1) is 0 Å². The summed E-state index contributed by atoms with van der Waals surface area (Å²) >= 11 is 0. The van der Waals surface area contributed by atoms with Gasteiger partial charge in [0.15, 0.2) is 0 Å². The van der Waals surface area contributed by atoms with E-state index in [0.29, 0.717) is 42.1 Å². The number of aldehydes is 1. The number of anilines is 3. The summed E-state index contributed by atoms with van der Waals surface area (Å²) in [7, 11) is 0. The van der Waals surface area contributed by atoms with Crippen LogP contribution in [0.25, 0.3) is 0 Å². The standard InChI is InChI=1S/C34H40N4O3/c1-23(2)19-27-12-9-25(22-39)20-31(27)38(33-29-5-4-6-30(29)33)37(34(40)26-10-7-24(3)8-11-26)28-13-14-32(35-21-28)36-15-17-41-18-16-36/h7-14,20-23,29-30,33H,4-6,15-19H2,1-3H3. The molecule has 3 aliphatic rings. The zero-order chi connectivity index (χ0) is 28.5. The predicted molar refractivity (Wildman–Crippen MR) is 163 cm³/mol. The summed E-state index contributed by atoms with van der Waals surface area (Å²) < 4.78 is 5.53. The average molecular weight is 553 g/mol. The number of benzene rings is 2. The maximum atomic E-state index is 14.6. The Labute approximate surface area is 243 Å². The largest absolute Gasteiger partial charge is 0.378 e. The molecular weight excluding hydrogens is 512 g/mol. The molecule has 41 heavy (non-hydrogen) atoms. The van der Waals surface area contributed by atoms with Gasteiger partial charge in [-0.3, -0.25) is 14.6 Å². The third-order valence-corrected chi connectivity index (χ3v) is 8.78. The highest BCUT2D eigenvalue weighted by Gasteiger charge is 2.58. The molecule has 0 spiro atoms. The van der Waals surface area contributed by atoms with Crippen molar-refractivity contribution in [3.8, 4) is 0 Å². The Bertz CT molecular complexity index is 1370. The Morgan fingerprint density at radius 1 is 1.05 bits per heavy atom. The molecule has 2 unspecified atom stereocenters. The first-order valence-corrected chi connectivity index (χ1v) is 15.0. The van der Waals surface area contributed by atoms with Crippen molar-refractivity contribution in [2.75, 3.05) is 41.2 Å². The lowest BCUT2D eigenvalue weighted by Gasteiger charge is -2.39. The van der Waals surface area contributed by atoms with Crippen molar-refractivity contribution in [3.63, 3.8) is 0 Å². The molecule has 7 nitrogen and oxygen atoms in total. The van der Waals surface area contributed by atoms with Gasteiger partial charge >= 0.3 is 0 Å². The molecule has 2 saturated carbocycles. The van der Waals surface area contributed by atoms with E-state index >= 15 is 0 Å². The molecular formula is C34H40N4O3. The van der Waals surface area contributed by atoms with Crippen LogP contribution in [0.1, 0.15) is 65.0 Å². The van der Waals surface area contributed by atoms with Gasteiger partial charge in [-0.05, 0) is 79.8 Å². The number of hydrogen-bond acceptors (Lipinski definition) is 6. The highest BCUT2D eigenvalue weighted by Crippen LogP contribution is 2.56. The summed E-state index contributed by atoms with van der Waals surface area (Å²) in [6.07, 6.45) is 7.15. The molecule has 1 aromatic heterocycles. The fourth-order valence-electron chi connectivity index (χ4n) is 6.67. The van der Waals surface area contributed by atoms with Gasteiger partial charge in [0.1, 0.15) is 12.1 Å². The Kier molecular flexibility index (Phi) is 7.80. The van der Waals surface area contributed by atoms with Crippen LogP contribution in [0.15, 0.2) is 60.8 Å². The third-order valence-electron chi connectivity index (χ3n) is 8.78. The predicted octanol–water partition coefficient (Wildman–Crippen LogP) is 6.10. The number of hydrazine groups is 1. The van der Waals surface area contributed by atoms with Crippen LogP contribution < -0.4 is 14.9 Å². The van der Waals surface area contributed by atoms with Crippen molar-refractivity contribution >= 4 is 29.4 Å². The minimum Gasteiger partial charge on any atom is -0.378 e. The van der Waals surface area contributed by atoms with E-state index in [2.05, 4.69) is 29.8 Å². The first kappa shape index (κ1) is 27.5. The number of nitrogens with zero attached hydrogens (tertiary/aromatic N) is 4. The van der Waals surface area contributed by atoms with E-state index in [1.165, 1.54) is 19.3 Å². The summed E-state index contributed by atoms with van der Waals surface area (Å²) in [4.78, 5) is 33.6. The number of rotatable bonds is 9. The van der Waals surface area contributed by atoms with Crippen LogP contribution in [-0.2, 0) is 11.2 Å². The first-order chi connectivity index (χ1) is 19.9. The molecule has 3 aromatic rings. The van der Waals surface area contributed by atoms with Gasteiger partial charge in [0.05, 0.1) is 36.8 Å². The van der Waals surface area contributed by atoms with Crippen molar-refractivity contribution in [2.45, 2.75) is 52.5 Å². The summed E-state index contributed by atoms with van der Waals surface area (Å²) in [6.45, 7) is 9.41. The van der Waals surface area contributed by atoms with Crippen LogP contribution >= 0.6 is 0 Å². The quantitative estimate of drug-likeness (QED) is 0.236. The topological polar surface area (TPSA) is 66.0 Å². The van der Waals surface area contributed by atoms with Gasteiger partial charge in [-0.2, -0.15) is 0 Å². The summed E-state index contributed by atoms with van der Waals surface area (Å²) in [5.41, 5.74) is 5.17. The third kappa shape index (κ3) is 5.60. The monoisotopic (exact) mass is 552 g/mol. The number of amides is 1. The smallest absolute Gasteiger partial charge is 0.277 e. The van der Waals surface area contributed by atoms with E-state index in [1.54, 1.807) is 0 Å². The van der Waals surface area contributed by atoms with Crippen molar-refractivity contribution in [1.82, 2.24) is 4.98 Å². The van der Waals surface area contributed by atoms with Crippen molar-refractivity contribution in [3.05, 3.63) is 83.0 Å². The minimum absolute atomic E-state index is 0.0945. The molecule has 0 bridgehead atoms. The Morgan fingerprint density at radius 2 is 1.78 bits per heavy atom. The summed E-state index contributed by atoms with van der Waals surface area (Å²) in [5.74, 6) is 2.29. The first-order valence-electron chi connectivity index (χ1n) is 15.0. The molecule has 214 valence electrons. The van der Waals surface area contributed by atoms with E-state index in [0.717, 1.165) is 54.1 Å². The molecule has 0 radical (unpaired) electrons. The van der Waals surface area contributed by atoms with Gasteiger partial charge in [0.25, 0.3) is 5.91 Å². The van der Waals surface area contributed by atoms with Gasteiger partial charge < -0.3 is 9.64 Å². The van der Waals surface area contributed by atoms with Crippen molar-refractivity contribution in [1.29, 1.82) is 0 Å². The number of pyridine rings is 1. The average Bonchev–Trinajstić information content (AvgIpc) is 3.44. The van der Waals surface area contributed by atoms with Gasteiger partial charge in [-0.25, -0.2) is 9.99 Å². The molecule has 0 N–H and O–H groups in total. The van der Waals surface area contributed by atoms with Crippen LogP contribution in [0.4, 0.5) is 17.2 Å². The SMILES string of the molecule is Cc1ccc(C(=O)N(c2ccc(N3CCOCC3)nc2)N(c2cc(C=O)ccc2CC(C)C)C2C3CCCC32)cc1. The maximum absolute atomic E-state index is 14.6. The molecule has 7 heteroatoms. The number of fused-ring (bicyclic) bond motifs is 1. The lowest BCUT2D eigenvalue weighted by molar-refractivity contribution is 0.0982. The molecule has 6 rings (SSSR count). The van der Waals surface area contributed by atoms with Crippen LogP contribution in [0, 0.1) is 24.7 Å². The lowest BCUT2D eigenvalue weighted by atomic mass is 9.99. The van der Waals surface area contributed by atoms with Crippen LogP contribution in [0.3, 0.4) is 0 Å². The summed E-state index contributed by atoms with van der Waals surface area (Å²) in [6, 6.07) is 17.9.